The van der Waals surface area contributed by atoms with Crippen LogP contribution in [0.15, 0.2) is 53.4 Å². The first-order chi connectivity index (χ1) is 10.1. The van der Waals surface area contributed by atoms with Gasteiger partial charge in [0.05, 0.1) is 19.4 Å². The zero-order valence-corrected chi connectivity index (χ0v) is 13.2. The lowest BCUT2D eigenvalue weighted by atomic mass is 10.2. The van der Waals surface area contributed by atoms with Crippen LogP contribution in [-0.4, -0.2) is 17.1 Å². The Morgan fingerprint density at radius 2 is 2.05 bits per heavy atom. The number of pyridine rings is 1. The van der Waals surface area contributed by atoms with E-state index in [0.717, 1.165) is 21.5 Å². The highest BCUT2D eigenvalue weighted by atomic mass is 79.9. The fourth-order valence-electron chi connectivity index (χ4n) is 1.82. The zero-order chi connectivity index (χ0) is 15.2. The summed E-state index contributed by atoms with van der Waals surface area (Å²) in [6.45, 7) is 0.553. The third-order valence-corrected chi connectivity index (χ3v) is 3.32. The molecule has 2 rings (SSSR count). The third kappa shape index (κ3) is 4.47. The van der Waals surface area contributed by atoms with Gasteiger partial charge in [-0.1, -0.05) is 12.1 Å². The second-order valence-corrected chi connectivity index (χ2v) is 5.28. The Morgan fingerprint density at radius 3 is 2.67 bits per heavy atom. The average molecular weight is 349 g/mol. The molecule has 4 N–H and O–H groups in total. The van der Waals surface area contributed by atoms with E-state index in [0.29, 0.717) is 12.2 Å². The molecule has 0 aliphatic heterocycles. The van der Waals surface area contributed by atoms with Gasteiger partial charge in [-0.2, -0.15) is 0 Å². The number of nitrogens with two attached hydrogens (primary N) is 2. The van der Waals surface area contributed by atoms with Crippen LogP contribution in [0.2, 0.25) is 0 Å². The van der Waals surface area contributed by atoms with Crippen LogP contribution in [0.25, 0.3) is 5.70 Å². The summed E-state index contributed by atoms with van der Waals surface area (Å²) in [7, 11) is 1.64. The molecule has 0 aliphatic rings. The fourth-order valence-corrected chi connectivity index (χ4v) is 2.19. The molecule has 110 valence electrons. The van der Waals surface area contributed by atoms with E-state index in [1.165, 1.54) is 0 Å². The molecule has 0 saturated heterocycles. The molecule has 6 heteroatoms. The predicted octanol–water partition coefficient (Wildman–Crippen LogP) is 2.49. The maximum atomic E-state index is 6.03. The van der Waals surface area contributed by atoms with Gasteiger partial charge in [-0.15, -0.1) is 0 Å². The van der Waals surface area contributed by atoms with Crippen molar-refractivity contribution in [3.63, 3.8) is 0 Å². The van der Waals surface area contributed by atoms with Crippen molar-refractivity contribution in [1.29, 1.82) is 0 Å². The number of nitrogens with zero attached hydrogens (tertiary/aromatic N) is 2. The number of hydrazine groups is 1. The summed E-state index contributed by atoms with van der Waals surface area (Å²) < 4.78 is 5.85. The molecule has 0 spiro atoms. The maximum absolute atomic E-state index is 6.03. The lowest BCUT2D eigenvalue weighted by molar-refractivity contribution is 0.386. The fraction of sp³-hybridized carbons (Fsp3) is 0.133. The van der Waals surface area contributed by atoms with Crippen LogP contribution in [0.4, 0.5) is 0 Å². The van der Waals surface area contributed by atoms with Gasteiger partial charge >= 0.3 is 0 Å². The maximum Gasteiger partial charge on any atom is 0.118 e. The topological polar surface area (TPSA) is 77.4 Å². The first-order valence-corrected chi connectivity index (χ1v) is 7.11. The molecule has 0 fully saturated rings. The normalized spacial score (nSPS) is 11.3. The Balaban J connectivity index is 2.05. The molecule has 1 heterocycles. The average Bonchev–Trinajstić information content (AvgIpc) is 2.48. The Kier molecular flexibility index (Phi) is 5.19. The summed E-state index contributed by atoms with van der Waals surface area (Å²) >= 11 is 3.31. The summed E-state index contributed by atoms with van der Waals surface area (Å²) in [6, 6.07) is 11.4. The number of hydrogen-bond acceptors (Lipinski definition) is 5. The van der Waals surface area contributed by atoms with Crippen molar-refractivity contribution >= 4 is 21.6 Å². The molecule has 2 aromatic rings. The van der Waals surface area contributed by atoms with Gasteiger partial charge in [-0.05, 0) is 45.8 Å². The van der Waals surface area contributed by atoms with Gasteiger partial charge < -0.3 is 15.5 Å². The minimum absolute atomic E-state index is 0.553. The first kappa shape index (κ1) is 15.3. The second kappa shape index (κ2) is 7.10. The van der Waals surface area contributed by atoms with Gasteiger partial charge in [0.25, 0.3) is 0 Å². The van der Waals surface area contributed by atoms with Crippen LogP contribution in [0.3, 0.4) is 0 Å². The lowest BCUT2D eigenvalue weighted by Gasteiger charge is -2.15. The molecule has 0 aliphatic carbocycles. The van der Waals surface area contributed by atoms with Gasteiger partial charge in [-0.3, -0.25) is 0 Å². The van der Waals surface area contributed by atoms with Crippen molar-refractivity contribution < 1.29 is 4.74 Å². The number of methoxy groups -OCH3 is 1. The molecular formula is C15H17BrN4O. The van der Waals surface area contributed by atoms with Gasteiger partial charge in [0.1, 0.15) is 10.4 Å². The van der Waals surface area contributed by atoms with E-state index >= 15 is 0 Å². The van der Waals surface area contributed by atoms with E-state index in [1.807, 2.05) is 36.4 Å². The highest BCUT2D eigenvalue weighted by Gasteiger charge is 2.02. The third-order valence-electron chi connectivity index (χ3n) is 2.89. The van der Waals surface area contributed by atoms with Crippen molar-refractivity contribution in [2.45, 2.75) is 6.54 Å². The SMILES string of the molecule is COc1ccc(CN(N)/C=C(\N)c2ccnc(Br)c2)cc1. The summed E-state index contributed by atoms with van der Waals surface area (Å²) in [6.07, 6.45) is 3.39. The number of halogens is 1. The van der Waals surface area contributed by atoms with Crippen molar-refractivity contribution in [2.24, 2.45) is 11.6 Å². The van der Waals surface area contributed by atoms with E-state index in [-0.39, 0.29) is 0 Å². The lowest BCUT2D eigenvalue weighted by Crippen LogP contribution is -2.25. The smallest absolute Gasteiger partial charge is 0.118 e. The van der Waals surface area contributed by atoms with E-state index in [9.17, 15) is 0 Å². The molecule has 0 amide bonds. The molecule has 5 nitrogen and oxygen atoms in total. The molecule has 0 radical (unpaired) electrons. The van der Waals surface area contributed by atoms with Crippen LogP contribution in [-0.2, 0) is 6.54 Å². The Morgan fingerprint density at radius 1 is 1.33 bits per heavy atom. The quantitative estimate of drug-likeness (QED) is 0.493. The van der Waals surface area contributed by atoms with E-state index in [1.54, 1.807) is 24.5 Å². The van der Waals surface area contributed by atoms with Crippen LogP contribution >= 0.6 is 15.9 Å². The summed E-state index contributed by atoms with van der Waals surface area (Å²) in [5.41, 5.74) is 8.54. The largest absolute Gasteiger partial charge is 0.497 e. The van der Waals surface area contributed by atoms with E-state index < -0.39 is 0 Å². The number of benzene rings is 1. The molecule has 1 aromatic carbocycles. The standard InChI is InChI=1S/C15H17BrN4O/c1-21-13-4-2-11(3-5-13)9-20(18)10-14(17)12-6-7-19-15(16)8-12/h2-8,10H,9,17-18H2,1H3/b14-10-. The minimum Gasteiger partial charge on any atom is -0.497 e. The molecule has 0 atom stereocenters. The Hall–Kier alpha value is -2.05. The monoisotopic (exact) mass is 348 g/mol. The minimum atomic E-state index is 0.553. The zero-order valence-electron chi connectivity index (χ0n) is 11.7. The molecule has 0 bridgehead atoms. The number of rotatable bonds is 5. The highest BCUT2D eigenvalue weighted by molar-refractivity contribution is 9.10. The summed E-state index contributed by atoms with van der Waals surface area (Å²) in [5.74, 6) is 6.79. The predicted molar refractivity (Wildman–Crippen MR) is 86.8 cm³/mol. The number of ether oxygens (including phenoxy) is 1. The number of aromatic nitrogens is 1. The van der Waals surface area contributed by atoms with E-state index in [4.69, 9.17) is 16.3 Å². The van der Waals surface area contributed by atoms with Crippen LogP contribution in [0, 0.1) is 0 Å². The Bertz CT molecular complexity index is 628. The number of hydrogen-bond donors (Lipinski definition) is 2. The van der Waals surface area contributed by atoms with Crippen molar-refractivity contribution in [1.82, 2.24) is 9.99 Å². The second-order valence-electron chi connectivity index (χ2n) is 4.47. The summed E-state index contributed by atoms with van der Waals surface area (Å²) in [5, 5.41) is 1.55. The molecule has 0 unspecified atom stereocenters. The van der Waals surface area contributed by atoms with Gasteiger partial charge in [0, 0.05) is 18.0 Å². The highest BCUT2D eigenvalue weighted by Crippen LogP contribution is 2.15. The summed E-state index contributed by atoms with van der Waals surface area (Å²) in [4.78, 5) is 4.06. The van der Waals surface area contributed by atoms with Gasteiger partial charge in [-0.25, -0.2) is 10.8 Å². The molecule has 0 saturated carbocycles. The van der Waals surface area contributed by atoms with Crippen LogP contribution in [0.5, 0.6) is 5.75 Å². The van der Waals surface area contributed by atoms with Gasteiger partial charge in [0.15, 0.2) is 0 Å². The van der Waals surface area contributed by atoms with Crippen LogP contribution < -0.4 is 16.3 Å². The van der Waals surface area contributed by atoms with E-state index in [2.05, 4.69) is 20.9 Å². The molecule has 1 aromatic heterocycles. The van der Waals surface area contributed by atoms with Crippen molar-refractivity contribution in [2.75, 3.05) is 7.11 Å². The molecule has 21 heavy (non-hydrogen) atoms. The molecular weight excluding hydrogens is 332 g/mol. The van der Waals surface area contributed by atoms with Crippen LogP contribution in [0.1, 0.15) is 11.1 Å². The first-order valence-electron chi connectivity index (χ1n) is 6.32. The van der Waals surface area contributed by atoms with Crippen molar-refractivity contribution in [3.8, 4) is 5.75 Å². The Labute approximate surface area is 132 Å². The van der Waals surface area contributed by atoms with Gasteiger partial charge in [0.2, 0.25) is 0 Å². The van der Waals surface area contributed by atoms with Crippen molar-refractivity contribution in [3.05, 3.63) is 64.5 Å².